The van der Waals surface area contributed by atoms with Gasteiger partial charge in [-0.15, -0.1) is 0 Å². The van der Waals surface area contributed by atoms with Crippen LogP contribution in [0.1, 0.15) is 25.8 Å². The summed E-state index contributed by atoms with van der Waals surface area (Å²) in [6.45, 7) is 4.32. The van der Waals surface area contributed by atoms with Crippen LogP contribution in [0.3, 0.4) is 0 Å². The monoisotopic (exact) mass is 323 g/mol. The van der Waals surface area contributed by atoms with Crippen LogP contribution in [0.5, 0.6) is 0 Å². The molecule has 1 atom stereocenters. The fourth-order valence-corrected chi connectivity index (χ4v) is 1.91. The maximum Gasteiger partial charge on any atom is 0.326 e. The standard InChI is InChI=1S/C17H25NO5/c1-17(2,12-23-11-13-7-5-4-6-8-13)16(21)18-14(15(19)20)9-10-22-3/h4-8,14H,9-12H2,1-3H3,(H,18,21)(H,19,20). The van der Waals surface area contributed by atoms with Crippen LogP contribution in [0.2, 0.25) is 0 Å². The summed E-state index contributed by atoms with van der Waals surface area (Å²) in [4.78, 5) is 23.5. The number of hydrogen-bond acceptors (Lipinski definition) is 4. The van der Waals surface area contributed by atoms with Gasteiger partial charge in [-0.3, -0.25) is 4.79 Å². The van der Waals surface area contributed by atoms with Crippen molar-refractivity contribution < 1.29 is 24.2 Å². The van der Waals surface area contributed by atoms with E-state index in [9.17, 15) is 9.59 Å². The number of benzene rings is 1. The van der Waals surface area contributed by atoms with Gasteiger partial charge in [0.25, 0.3) is 0 Å². The number of nitrogens with one attached hydrogen (secondary N) is 1. The van der Waals surface area contributed by atoms with E-state index in [1.807, 2.05) is 30.3 Å². The summed E-state index contributed by atoms with van der Waals surface area (Å²) in [5, 5.41) is 11.7. The van der Waals surface area contributed by atoms with Crippen LogP contribution < -0.4 is 5.32 Å². The largest absolute Gasteiger partial charge is 0.480 e. The highest BCUT2D eigenvalue weighted by molar-refractivity contribution is 5.87. The van der Waals surface area contributed by atoms with Crippen molar-refractivity contribution in [3.8, 4) is 0 Å². The molecule has 1 rings (SSSR count). The van der Waals surface area contributed by atoms with E-state index in [-0.39, 0.29) is 25.5 Å². The van der Waals surface area contributed by atoms with Gasteiger partial charge in [0, 0.05) is 20.1 Å². The lowest BCUT2D eigenvalue weighted by Gasteiger charge is -2.25. The average Bonchev–Trinajstić information content (AvgIpc) is 2.51. The Labute approximate surface area is 136 Å². The third-order valence-electron chi connectivity index (χ3n) is 3.40. The molecule has 0 heterocycles. The highest BCUT2D eigenvalue weighted by Gasteiger charge is 2.31. The smallest absolute Gasteiger partial charge is 0.326 e. The van der Waals surface area contributed by atoms with E-state index in [0.717, 1.165) is 5.56 Å². The Kier molecular flexibility index (Phi) is 7.71. The van der Waals surface area contributed by atoms with Gasteiger partial charge < -0.3 is 19.9 Å². The number of carbonyl (C=O) groups is 2. The third kappa shape index (κ3) is 6.80. The van der Waals surface area contributed by atoms with E-state index in [4.69, 9.17) is 14.6 Å². The van der Waals surface area contributed by atoms with Crippen LogP contribution in [0.25, 0.3) is 0 Å². The van der Waals surface area contributed by atoms with Gasteiger partial charge in [0.05, 0.1) is 18.6 Å². The zero-order valence-electron chi connectivity index (χ0n) is 13.9. The molecule has 23 heavy (non-hydrogen) atoms. The SMILES string of the molecule is COCCC(NC(=O)C(C)(C)COCc1ccccc1)C(=O)O. The Bertz CT molecular complexity index is 501. The second-order valence-electron chi connectivity index (χ2n) is 6.01. The number of aliphatic carboxylic acids is 1. The minimum Gasteiger partial charge on any atom is -0.480 e. The van der Waals surface area contributed by atoms with Crippen LogP contribution >= 0.6 is 0 Å². The molecule has 1 aromatic rings. The number of carboxylic acid groups (broad SMARTS) is 1. The molecule has 1 aromatic carbocycles. The van der Waals surface area contributed by atoms with Crippen molar-refractivity contribution in [2.45, 2.75) is 32.9 Å². The molecule has 0 aromatic heterocycles. The first-order chi connectivity index (χ1) is 10.9. The van der Waals surface area contributed by atoms with Crippen LogP contribution in [-0.4, -0.2) is 43.3 Å². The molecule has 0 spiro atoms. The predicted molar refractivity (Wildman–Crippen MR) is 85.9 cm³/mol. The fraction of sp³-hybridized carbons (Fsp3) is 0.529. The van der Waals surface area contributed by atoms with Gasteiger partial charge in [0.15, 0.2) is 0 Å². The van der Waals surface area contributed by atoms with Crippen molar-refractivity contribution in [2.24, 2.45) is 5.41 Å². The van der Waals surface area contributed by atoms with Crippen LogP contribution in [-0.2, 0) is 25.7 Å². The zero-order valence-corrected chi connectivity index (χ0v) is 13.9. The fourth-order valence-electron chi connectivity index (χ4n) is 1.91. The van der Waals surface area contributed by atoms with Crippen molar-refractivity contribution in [3.63, 3.8) is 0 Å². The molecule has 128 valence electrons. The molecule has 0 aliphatic carbocycles. The van der Waals surface area contributed by atoms with Gasteiger partial charge in [-0.1, -0.05) is 30.3 Å². The first-order valence-electron chi connectivity index (χ1n) is 7.51. The zero-order chi connectivity index (χ0) is 17.3. The van der Waals surface area contributed by atoms with Gasteiger partial charge in [-0.2, -0.15) is 0 Å². The Morgan fingerprint density at radius 3 is 2.48 bits per heavy atom. The first kappa shape index (κ1) is 19.1. The minimum atomic E-state index is -1.07. The Hall–Kier alpha value is -1.92. The van der Waals surface area contributed by atoms with Crippen molar-refractivity contribution in [1.29, 1.82) is 0 Å². The Balaban J connectivity index is 2.49. The second-order valence-corrected chi connectivity index (χ2v) is 6.01. The maximum atomic E-state index is 12.3. The number of hydrogen-bond donors (Lipinski definition) is 2. The number of methoxy groups -OCH3 is 1. The summed E-state index contributed by atoms with van der Waals surface area (Å²) in [5.41, 5.74) is 0.197. The van der Waals surface area contributed by atoms with Crippen molar-refractivity contribution in [1.82, 2.24) is 5.32 Å². The van der Waals surface area contributed by atoms with Crippen LogP contribution in [0.4, 0.5) is 0 Å². The van der Waals surface area contributed by atoms with Gasteiger partial charge in [0.2, 0.25) is 5.91 Å². The van der Waals surface area contributed by atoms with E-state index in [0.29, 0.717) is 6.61 Å². The number of carbonyl (C=O) groups excluding carboxylic acids is 1. The van der Waals surface area contributed by atoms with Crippen LogP contribution in [0, 0.1) is 5.41 Å². The number of rotatable bonds is 10. The summed E-state index contributed by atoms with van der Waals surface area (Å²) >= 11 is 0. The summed E-state index contributed by atoms with van der Waals surface area (Å²) in [5.74, 6) is -1.43. The molecular weight excluding hydrogens is 298 g/mol. The predicted octanol–water partition coefficient (Wildman–Crippen LogP) is 1.84. The molecule has 2 N–H and O–H groups in total. The van der Waals surface area contributed by atoms with Crippen molar-refractivity contribution >= 4 is 11.9 Å². The first-order valence-corrected chi connectivity index (χ1v) is 7.51. The highest BCUT2D eigenvalue weighted by Crippen LogP contribution is 2.17. The molecule has 6 heteroatoms. The normalized spacial score (nSPS) is 12.7. The van der Waals surface area contributed by atoms with E-state index in [1.165, 1.54) is 7.11 Å². The molecular formula is C17H25NO5. The summed E-state index contributed by atoms with van der Waals surface area (Å²) in [7, 11) is 1.49. The van der Waals surface area contributed by atoms with Crippen molar-refractivity contribution in [3.05, 3.63) is 35.9 Å². The Morgan fingerprint density at radius 2 is 1.91 bits per heavy atom. The maximum absolute atomic E-state index is 12.3. The third-order valence-corrected chi connectivity index (χ3v) is 3.40. The molecule has 0 saturated carbocycles. The molecule has 6 nitrogen and oxygen atoms in total. The molecule has 1 amide bonds. The molecule has 0 saturated heterocycles. The van der Waals surface area contributed by atoms with Crippen molar-refractivity contribution in [2.75, 3.05) is 20.3 Å². The summed E-state index contributed by atoms with van der Waals surface area (Å²) < 4.78 is 10.5. The Morgan fingerprint density at radius 1 is 1.26 bits per heavy atom. The van der Waals surface area contributed by atoms with Gasteiger partial charge in [-0.05, 0) is 19.4 Å². The molecule has 1 unspecified atom stereocenters. The van der Waals surface area contributed by atoms with E-state index in [1.54, 1.807) is 13.8 Å². The minimum absolute atomic E-state index is 0.199. The summed E-state index contributed by atoms with van der Waals surface area (Å²) in [6.07, 6.45) is 0.221. The number of carboxylic acids is 1. The number of ether oxygens (including phenoxy) is 2. The highest BCUT2D eigenvalue weighted by atomic mass is 16.5. The average molecular weight is 323 g/mol. The molecule has 0 radical (unpaired) electrons. The van der Waals surface area contributed by atoms with E-state index < -0.39 is 17.4 Å². The van der Waals surface area contributed by atoms with Gasteiger partial charge in [-0.25, -0.2) is 4.79 Å². The quantitative estimate of drug-likeness (QED) is 0.686. The second kappa shape index (κ2) is 9.27. The lowest BCUT2D eigenvalue weighted by Crippen LogP contribution is -2.48. The number of amides is 1. The molecule has 0 bridgehead atoms. The van der Waals surface area contributed by atoms with Gasteiger partial charge in [0.1, 0.15) is 6.04 Å². The lowest BCUT2D eigenvalue weighted by molar-refractivity contribution is -0.145. The molecule has 0 fully saturated rings. The lowest BCUT2D eigenvalue weighted by atomic mass is 9.93. The topological polar surface area (TPSA) is 84.9 Å². The van der Waals surface area contributed by atoms with E-state index >= 15 is 0 Å². The van der Waals surface area contributed by atoms with E-state index in [2.05, 4.69) is 5.32 Å². The van der Waals surface area contributed by atoms with Crippen LogP contribution in [0.15, 0.2) is 30.3 Å². The molecule has 0 aliphatic heterocycles. The molecule has 0 aliphatic rings. The van der Waals surface area contributed by atoms with Gasteiger partial charge >= 0.3 is 5.97 Å². The summed E-state index contributed by atoms with van der Waals surface area (Å²) in [6, 6.07) is 8.69.